The quantitative estimate of drug-likeness (QED) is 0.378. The molecule has 7 heteroatoms. The van der Waals surface area contributed by atoms with E-state index in [0.717, 1.165) is 41.5 Å². The summed E-state index contributed by atoms with van der Waals surface area (Å²) < 4.78 is 0. The third-order valence-electron chi connectivity index (χ3n) is 6.64. The van der Waals surface area contributed by atoms with Gasteiger partial charge in [0.1, 0.15) is 11.6 Å². The van der Waals surface area contributed by atoms with E-state index in [1.807, 2.05) is 25.1 Å². The van der Waals surface area contributed by atoms with Gasteiger partial charge in [-0.1, -0.05) is 25.1 Å². The van der Waals surface area contributed by atoms with Gasteiger partial charge in [-0.2, -0.15) is 5.26 Å². The van der Waals surface area contributed by atoms with Crippen molar-refractivity contribution in [2.75, 3.05) is 44.7 Å². The maximum Gasteiger partial charge on any atom is 0.262 e. The predicted octanol–water partition coefficient (Wildman–Crippen LogP) is 4.50. The van der Waals surface area contributed by atoms with E-state index in [1.54, 1.807) is 18.3 Å². The van der Waals surface area contributed by atoms with Crippen LogP contribution in [0, 0.1) is 11.3 Å². The Morgan fingerprint density at radius 2 is 1.83 bits per heavy atom. The molecule has 6 nitrogen and oxygen atoms in total. The molecular weight excluding hydrogens is 456 g/mol. The molecule has 0 aliphatic carbocycles. The minimum Gasteiger partial charge on any atom is -0.391 e. The van der Waals surface area contributed by atoms with Gasteiger partial charge in [0, 0.05) is 48.2 Å². The molecule has 1 amide bonds. The monoisotopic (exact) mass is 488 g/mol. The molecule has 1 aliphatic rings. The number of likely N-dealkylation sites (N-methyl/N-ethyl adjacent to an activating group) is 1. The van der Waals surface area contributed by atoms with Crippen LogP contribution >= 0.6 is 11.3 Å². The van der Waals surface area contributed by atoms with Crippen LogP contribution in [-0.4, -0.2) is 61.8 Å². The van der Waals surface area contributed by atoms with E-state index >= 15 is 0 Å². The summed E-state index contributed by atoms with van der Waals surface area (Å²) in [6.07, 6.45) is -0.0692. The molecule has 0 spiro atoms. The van der Waals surface area contributed by atoms with E-state index in [1.165, 1.54) is 16.5 Å². The van der Waals surface area contributed by atoms with Crippen LogP contribution in [0.25, 0.3) is 26.8 Å². The van der Waals surface area contributed by atoms with Gasteiger partial charge >= 0.3 is 0 Å². The molecule has 1 fully saturated rings. The average Bonchev–Trinajstić information content (AvgIpc) is 3.38. The molecule has 1 aromatic heterocycles. The van der Waals surface area contributed by atoms with E-state index in [0.29, 0.717) is 12.0 Å². The van der Waals surface area contributed by atoms with Gasteiger partial charge in [-0.3, -0.25) is 4.79 Å². The molecular formula is C28H32N4O2S. The lowest BCUT2D eigenvalue weighted by atomic mass is 10.0. The van der Waals surface area contributed by atoms with Crippen LogP contribution in [0.2, 0.25) is 0 Å². The van der Waals surface area contributed by atoms with Crippen molar-refractivity contribution in [3.05, 3.63) is 59.0 Å². The highest BCUT2D eigenvalue weighted by Crippen LogP contribution is 2.35. The third kappa shape index (κ3) is 5.73. The summed E-state index contributed by atoms with van der Waals surface area (Å²) in [5, 5.41) is 24.3. The molecule has 2 N–H and O–H groups in total. The summed E-state index contributed by atoms with van der Waals surface area (Å²) in [5.41, 5.74) is 3.11. The largest absolute Gasteiger partial charge is 0.391 e. The van der Waals surface area contributed by atoms with Crippen molar-refractivity contribution in [3.8, 4) is 16.5 Å². The Labute approximate surface area is 211 Å². The number of fused-ring (bicyclic) bond motifs is 1. The fraction of sp³-hybridized carbons (Fsp3) is 0.357. The van der Waals surface area contributed by atoms with Crippen molar-refractivity contribution in [3.63, 3.8) is 0 Å². The molecule has 4 rings (SSSR count). The average molecular weight is 489 g/mol. The van der Waals surface area contributed by atoms with Crippen LogP contribution in [-0.2, 0) is 4.79 Å². The normalized spacial score (nSPS) is 16.0. The van der Waals surface area contributed by atoms with Gasteiger partial charge < -0.3 is 20.2 Å². The SMILES string of the molecule is CCC(O)CNC(=O)/C(C#N)=C(\C)c1ccc(-c2ccc3cc(N4CCN(C)CC4)ccc3c2)s1. The lowest BCUT2D eigenvalue weighted by molar-refractivity contribution is -0.117. The number of nitriles is 1. The Balaban J connectivity index is 1.54. The van der Waals surface area contributed by atoms with Crippen molar-refractivity contribution < 1.29 is 9.90 Å². The standard InChI is InChI=1S/C28H32N4O2S/c1-4-24(33)18-30-28(34)25(17-29)19(2)26-9-10-27(35-26)22-6-5-21-16-23(8-7-20(21)15-22)32-13-11-31(3)12-14-32/h5-10,15-16,24,33H,4,11-14,18H2,1-3H3,(H,30,34)/b25-19+. The van der Waals surface area contributed by atoms with Gasteiger partial charge in [0.25, 0.3) is 5.91 Å². The number of amides is 1. The first-order chi connectivity index (χ1) is 16.9. The van der Waals surface area contributed by atoms with Crippen LogP contribution in [0.1, 0.15) is 25.1 Å². The Bertz CT molecular complexity index is 1280. The van der Waals surface area contributed by atoms with Crippen LogP contribution in [0.3, 0.4) is 0 Å². The smallest absolute Gasteiger partial charge is 0.262 e. The maximum absolute atomic E-state index is 12.5. The van der Waals surface area contributed by atoms with E-state index in [2.05, 4.69) is 58.6 Å². The molecule has 35 heavy (non-hydrogen) atoms. The molecule has 182 valence electrons. The van der Waals surface area contributed by atoms with Crippen molar-refractivity contribution in [2.24, 2.45) is 0 Å². The van der Waals surface area contributed by atoms with Crippen LogP contribution in [0.15, 0.2) is 54.1 Å². The number of aliphatic hydroxyl groups is 1. The second kappa shape index (κ2) is 11.0. The van der Waals surface area contributed by atoms with Crippen molar-refractivity contribution >= 4 is 39.3 Å². The minimum absolute atomic E-state index is 0.0802. The van der Waals surface area contributed by atoms with E-state index in [-0.39, 0.29) is 12.1 Å². The summed E-state index contributed by atoms with van der Waals surface area (Å²) in [4.78, 5) is 19.3. The number of benzene rings is 2. The number of nitrogens with one attached hydrogen (secondary N) is 1. The highest BCUT2D eigenvalue weighted by Gasteiger charge is 2.17. The molecule has 0 radical (unpaired) electrons. The molecule has 2 aromatic carbocycles. The first-order valence-corrected chi connectivity index (χ1v) is 12.9. The molecule has 1 saturated heterocycles. The first-order valence-electron chi connectivity index (χ1n) is 12.0. The number of carbonyl (C=O) groups is 1. The zero-order chi connectivity index (χ0) is 24.9. The number of piperazine rings is 1. The number of nitrogens with zero attached hydrogens (tertiary/aromatic N) is 3. The Kier molecular flexibility index (Phi) is 7.86. The first kappa shape index (κ1) is 24.9. The Morgan fingerprint density at radius 1 is 1.11 bits per heavy atom. The molecule has 1 atom stereocenters. The lowest BCUT2D eigenvalue weighted by Gasteiger charge is -2.34. The molecule has 1 aliphatic heterocycles. The van der Waals surface area contributed by atoms with Crippen LogP contribution < -0.4 is 10.2 Å². The molecule has 1 unspecified atom stereocenters. The fourth-order valence-corrected chi connectivity index (χ4v) is 5.22. The fourth-order valence-electron chi connectivity index (χ4n) is 4.21. The van der Waals surface area contributed by atoms with E-state index in [4.69, 9.17) is 0 Å². The topological polar surface area (TPSA) is 79.6 Å². The highest BCUT2D eigenvalue weighted by atomic mass is 32.1. The number of rotatable bonds is 7. The maximum atomic E-state index is 12.5. The second-order valence-corrected chi connectivity index (χ2v) is 10.2. The van der Waals surface area contributed by atoms with Crippen molar-refractivity contribution in [2.45, 2.75) is 26.4 Å². The van der Waals surface area contributed by atoms with Crippen LogP contribution in [0.4, 0.5) is 5.69 Å². The summed E-state index contributed by atoms with van der Waals surface area (Å²) in [6, 6.07) is 19.2. The molecule has 0 saturated carbocycles. The summed E-state index contributed by atoms with van der Waals surface area (Å²) in [6.45, 7) is 8.04. The summed E-state index contributed by atoms with van der Waals surface area (Å²) in [5.74, 6) is -0.450. The second-order valence-electron chi connectivity index (χ2n) is 9.08. The van der Waals surface area contributed by atoms with Crippen molar-refractivity contribution in [1.29, 1.82) is 5.26 Å². The number of aliphatic hydroxyl groups excluding tert-OH is 1. The van der Waals surface area contributed by atoms with Gasteiger partial charge in [0.15, 0.2) is 0 Å². The highest BCUT2D eigenvalue weighted by molar-refractivity contribution is 7.16. The summed E-state index contributed by atoms with van der Waals surface area (Å²) in [7, 11) is 2.17. The summed E-state index contributed by atoms with van der Waals surface area (Å²) >= 11 is 1.57. The Hall–Kier alpha value is -3.18. The Morgan fingerprint density at radius 3 is 2.54 bits per heavy atom. The zero-order valence-electron chi connectivity index (χ0n) is 20.5. The number of thiophene rings is 1. The van der Waals surface area contributed by atoms with E-state index in [9.17, 15) is 15.2 Å². The van der Waals surface area contributed by atoms with E-state index < -0.39 is 12.0 Å². The molecule has 3 aromatic rings. The number of allylic oxidation sites excluding steroid dienone is 1. The van der Waals surface area contributed by atoms with Crippen molar-refractivity contribution in [1.82, 2.24) is 10.2 Å². The van der Waals surface area contributed by atoms with Gasteiger partial charge in [-0.25, -0.2) is 0 Å². The van der Waals surface area contributed by atoms with Gasteiger partial charge in [-0.05, 0) is 72.6 Å². The number of hydrogen-bond donors (Lipinski definition) is 2. The number of anilines is 1. The predicted molar refractivity (Wildman–Crippen MR) is 144 cm³/mol. The zero-order valence-corrected chi connectivity index (χ0v) is 21.4. The van der Waals surface area contributed by atoms with Crippen LogP contribution in [0.5, 0.6) is 0 Å². The van der Waals surface area contributed by atoms with Gasteiger partial charge in [0.2, 0.25) is 0 Å². The van der Waals surface area contributed by atoms with Gasteiger partial charge in [0.05, 0.1) is 6.10 Å². The number of hydrogen-bond acceptors (Lipinski definition) is 6. The molecule has 2 heterocycles. The molecule has 0 bridgehead atoms. The third-order valence-corrected chi connectivity index (χ3v) is 7.89. The van der Waals surface area contributed by atoms with Gasteiger partial charge in [-0.15, -0.1) is 11.3 Å². The minimum atomic E-state index is -0.613. The lowest BCUT2D eigenvalue weighted by Crippen LogP contribution is -2.44. The number of carbonyl (C=O) groups excluding carboxylic acids is 1.